The number of carbonyl (C=O) groups is 1. The Kier molecular flexibility index (Phi) is 4.83. The number of carbonyl (C=O) groups excluding carboxylic acids is 1. The summed E-state index contributed by atoms with van der Waals surface area (Å²) in [5, 5.41) is 11.2. The van der Waals surface area contributed by atoms with Gasteiger partial charge in [-0.2, -0.15) is 5.10 Å². The third-order valence-electron chi connectivity index (χ3n) is 5.29. The predicted octanol–water partition coefficient (Wildman–Crippen LogP) is 2.56. The second kappa shape index (κ2) is 7.40. The minimum atomic E-state index is -0.0460. The van der Waals surface area contributed by atoms with E-state index in [4.69, 9.17) is 0 Å². The summed E-state index contributed by atoms with van der Waals surface area (Å²) in [7, 11) is 0. The summed E-state index contributed by atoms with van der Waals surface area (Å²) in [6.07, 6.45) is 7.53. The molecule has 2 heterocycles. The van der Waals surface area contributed by atoms with E-state index in [1.54, 1.807) is 0 Å². The third-order valence-corrected chi connectivity index (χ3v) is 5.29. The Balaban J connectivity index is 1.40. The van der Waals surface area contributed by atoms with Crippen LogP contribution in [0, 0.1) is 5.92 Å². The highest BCUT2D eigenvalue weighted by Gasteiger charge is 2.33. The van der Waals surface area contributed by atoms with E-state index >= 15 is 0 Å². The number of hydrogen-bond acceptors (Lipinski definition) is 3. The lowest BCUT2D eigenvalue weighted by Gasteiger charge is -2.23. The molecular weight excluding hydrogens is 312 g/mol. The number of amides is 1. The second-order valence-electron chi connectivity index (χ2n) is 7.29. The zero-order valence-electron chi connectivity index (χ0n) is 14.5. The molecule has 1 aromatic carbocycles. The largest absolute Gasteiger partial charge is 0.347 e. The van der Waals surface area contributed by atoms with Gasteiger partial charge in [0.15, 0.2) is 0 Å². The Morgan fingerprint density at radius 3 is 2.80 bits per heavy atom. The van der Waals surface area contributed by atoms with Crippen molar-refractivity contribution in [2.24, 2.45) is 5.92 Å². The van der Waals surface area contributed by atoms with Gasteiger partial charge in [-0.1, -0.05) is 30.3 Å². The standard InChI is InChI=1S/C20H26N4O/c25-20(18-10-12-24(23-18)17-7-4-11-21-14-17)22-19(16-8-9-16)13-15-5-2-1-3-6-15/h1-3,5-6,10,12,16-17,19,21H,4,7-9,11,13-14H2,(H,22,25). The van der Waals surface area contributed by atoms with E-state index < -0.39 is 0 Å². The van der Waals surface area contributed by atoms with Crippen molar-refractivity contribution in [3.8, 4) is 0 Å². The van der Waals surface area contributed by atoms with Gasteiger partial charge in [0.25, 0.3) is 5.91 Å². The van der Waals surface area contributed by atoms with Crippen molar-refractivity contribution in [2.75, 3.05) is 13.1 Å². The van der Waals surface area contributed by atoms with Gasteiger partial charge < -0.3 is 10.6 Å². The summed E-state index contributed by atoms with van der Waals surface area (Å²) in [5.41, 5.74) is 1.81. The van der Waals surface area contributed by atoms with Crippen LogP contribution in [0.5, 0.6) is 0 Å². The summed E-state index contributed by atoms with van der Waals surface area (Å²) in [6, 6.07) is 12.8. The minimum absolute atomic E-state index is 0.0460. The van der Waals surface area contributed by atoms with Crippen LogP contribution in [-0.2, 0) is 6.42 Å². The van der Waals surface area contributed by atoms with E-state index in [1.807, 2.05) is 23.0 Å². The SMILES string of the molecule is O=C(NC(Cc1ccccc1)C1CC1)c1ccn(C2CCCNC2)n1. The van der Waals surface area contributed by atoms with Crippen molar-refractivity contribution >= 4 is 5.91 Å². The first-order chi connectivity index (χ1) is 12.3. The molecule has 2 aromatic rings. The smallest absolute Gasteiger partial charge is 0.272 e. The molecule has 1 amide bonds. The molecule has 1 aliphatic carbocycles. The average Bonchev–Trinajstić information content (AvgIpc) is 3.39. The summed E-state index contributed by atoms with van der Waals surface area (Å²) >= 11 is 0. The summed E-state index contributed by atoms with van der Waals surface area (Å²) < 4.78 is 1.95. The molecule has 2 N–H and O–H groups in total. The number of hydrogen-bond donors (Lipinski definition) is 2. The van der Waals surface area contributed by atoms with E-state index in [1.165, 1.54) is 18.4 Å². The molecule has 1 saturated heterocycles. The average molecular weight is 338 g/mol. The van der Waals surface area contributed by atoms with Crippen LogP contribution in [0.3, 0.4) is 0 Å². The fraction of sp³-hybridized carbons (Fsp3) is 0.500. The molecule has 1 aromatic heterocycles. The first-order valence-electron chi connectivity index (χ1n) is 9.40. The third kappa shape index (κ3) is 4.10. The van der Waals surface area contributed by atoms with Gasteiger partial charge in [-0.15, -0.1) is 0 Å². The summed E-state index contributed by atoms with van der Waals surface area (Å²) in [6.45, 7) is 2.01. The van der Waals surface area contributed by atoms with Crippen LogP contribution < -0.4 is 10.6 Å². The molecule has 1 aliphatic heterocycles. The van der Waals surface area contributed by atoms with Crippen LogP contribution in [0.2, 0.25) is 0 Å². The number of piperidine rings is 1. The quantitative estimate of drug-likeness (QED) is 0.851. The van der Waals surface area contributed by atoms with Crippen molar-refractivity contribution in [2.45, 2.75) is 44.2 Å². The van der Waals surface area contributed by atoms with Gasteiger partial charge in [0.2, 0.25) is 0 Å². The van der Waals surface area contributed by atoms with Crippen molar-refractivity contribution in [3.05, 3.63) is 53.9 Å². The van der Waals surface area contributed by atoms with Gasteiger partial charge >= 0.3 is 0 Å². The molecule has 2 aliphatic rings. The molecule has 0 bridgehead atoms. The number of aromatic nitrogens is 2. The number of nitrogens with zero attached hydrogens (tertiary/aromatic N) is 2. The first-order valence-corrected chi connectivity index (χ1v) is 9.40. The van der Waals surface area contributed by atoms with E-state index in [9.17, 15) is 4.79 Å². The lowest BCUT2D eigenvalue weighted by Crippen LogP contribution is -2.38. The number of benzene rings is 1. The Labute approximate surface area is 148 Å². The van der Waals surface area contributed by atoms with Gasteiger partial charge in [0.1, 0.15) is 5.69 Å². The van der Waals surface area contributed by atoms with Crippen LogP contribution in [0.15, 0.2) is 42.6 Å². The molecular formula is C20H26N4O. The van der Waals surface area contributed by atoms with Crippen molar-refractivity contribution in [1.82, 2.24) is 20.4 Å². The number of rotatable bonds is 6. The van der Waals surface area contributed by atoms with Crippen LogP contribution >= 0.6 is 0 Å². The molecule has 2 atom stereocenters. The maximum Gasteiger partial charge on any atom is 0.272 e. The molecule has 1 saturated carbocycles. The minimum Gasteiger partial charge on any atom is -0.347 e. The Hall–Kier alpha value is -2.14. The lowest BCUT2D eigenvalue weighted by atomic mass is 10.0. The van der Waals surface area contributed by atoms with E-state index in [2.05, 4.69) is 40.0 Å². The molecule has 2 unspecified atom stereocenters. The van der Waals surface area contributed by atoms with Crippen molar-refractivity contribution in [3.63, 3.8) is 0 Å². The summed E-state index contributed by atoms with van der Waals surface area (Å²) in [5.74, 6) is 0.559. The molecule has 132 valence electrons. The van der Waals surface area contributed by atoms with E-state index in [0.717, 1.165) is 32.4 Å². The van der Waals surface area contributed by atoms with Crippen molar-refractivity contribution in [1.29, 1.82) is 0 Å². The maximum atomic E-state index is 12.7. The molecule has 2 fully saturated rings. The fourth-order valence-corrected chi connectivity index (χ4v) is 3.67. The monoisotopic (exact) mass is 338 g/mol. The highest BCUT2D eigenvalue weighted by molar-refractivity contribution is 5.92. The topological polar surface area (TPSA) is 59.0 Å². The molecule has 25 heavy (non-hydrogen) atoms. The Morgan fingerprint density at radius 2 is 2.08 bits per heavy atom. The fourth-order valence-electron chi connectivity index (χ4n) is 3.67. The van der Waals surface area contributed by atoms with Crippen LogP contribution in [0.1, 0.15) is 47.8 Å². The van der Waals surface area contributed by atoms with Gasteiger partial charge in [-0.25, -0.2) is 0 Å². The molecule has 4 rings (SSSR count). The lowest BCUT2D eigenvalue weighted by molar-refractivity contribution is 0.0925. The normalized spacial score (nSPS) is 21.7. The highest BCUT2D eigenvalue weighted by Crippen LogP contribution is 2.34. The maximum absolute atomic E-state index is 12.7. The predicted molar refractivity (Wildman–Crippen MR) is 97.5 cm³/mol. The zero-order chi connectivity index (χ0) is 17.1. The molecule has 5 heteroatoms. The molecule has 0 spiro atoms. The summed E-state index contributed by atoms with van der Waals surface area (Å²) in [4.78, 5) is 12.7. The van der Waals surface area contributed by atoms with Gasteiger partial charge in [-0.3, -0.25) is 9.48 Å². The molecule has 0 radical (unpaired) electrons. The van der Waals surface area contributed by atoms with Gasteiger partial charge in [-0.05, 0) is 56.2 Å². The van der Waals surface area contributed by atoms with E-state index in [0.29, 0.717) is 17.7 Å². The Bertz CT molecular complexity index is 701. The zero-order valence-corrected chi connectivity index (χ0v) is 14.5. The van der Waals surface area contributed by atoms with Crippen LogP contribution in [0.4, 0.5) is 0 Å². The first kappa shape index (κ1) is 16.3. The second-order valence-corrected chi connectivity index (χ2v) is 7.29. The molecule has 5 nitrogen and oxygen atoms in total. The van der Waals surface area contributed by atoms with Crippen LogP contribution in [0.25, 0.3) is 0 Å². The van der Waals surface area contributed by atoms with Gasteiger partial charge in [0, 0.05) is 18.8 Å². The van der Waals surface area contributed by atoms with Crippen molar-refractivity contribution < 1.29 is 4.79 Å². The number of nitrogens with one attached hydrogen (secondary N) is 2. The van der Waals surface area contributed by atoms with Gasteiger partial charge in [0.05, 0.1) is 6.04 Å². The van der Waals surface area contributed by atoms with Crippen LogP contribution in [-0.4, -0.2) is 34.8 Å². The van der Waals surface area contributed by atoms with E-state index in [-0.39, 0.29) is 11.9 Å². The Morgan fingerprint density at radius 1 is 1.24 bits per heavy atom. The highest BCUT2D eigenvalue weighted by atomic mass is 16.2.